The van der Waals surface area contributed by atoms with E-state index in [4.69, 9.17) is 5.73 Å². The average Bonchev–Trinajstić information content (AvgIpc) is 2.99. The van der Waals surface area contributed by atoms with Crippen LogP contribution in [0.5, 0.6) is 0 Å². The first-order chi connectivity index (χ1) is 9.84. The van der Waals surface area contributed by atoms with Crippen molar-refractivity contribution in [2.24, 2.45) is 23.5 Å². The molecule has 0 aromatic heterocycles. The van der Waals surface area contributed by atoms with Gasteiger partial charge in [-0.3, -0.25) is 0 Å². The van der Waals surface area contributed by atoms with Crippen LogP contribution in [0.25, 0.3) is 0 Å². The van der Waals surface area contributed by atoms with E-state index in [0.29, 0.717) is 11.5 Å². The molecule has 1 nitrogen and oxygen atoms in total. The Labute approximate surface area is 123 Å². The van der Waals surface area contributed by atoms with Gasteiger partial charge >= 0.3 is 6.18 Å². The van der Waals surface area contributed by atoms with Crippen molar-refractivity contribution in [2.45, 2.75) is 51.2 Å². The predicted molar refractivity (Wildman–Crippen MR) is 76.7 cm³/mol. The van der Waals surface area contributed by atoms with Crippen LogP contribution in [0.15, 0.2) is 18.2 Å². The summed E-state index contributed by atoms with van der Waals surface area (Å²) in [5.74, 6) is 2.34. The Hall–Kier alpha value is -1.03. The van der Waals surface area contributed by atoms with E-state index >= 15 is 0 Å². The first-order valence-electron chi connectivity index (χ1n) is 7.78. The topological polar surface area (TPSA) is 26.0 Å². The van der Waals surface area contributed by atoms with E-state index in [-0.39, 0.29) is 6.04 Å². The first kappa shape index (κ1) is 14.9. The molecule has 4 heteroatoms. The third-order valence-electron chi connectivity index (χ3n) is 5.44. The molecule has 2 bridgehead atoms. The van der Waals surface area contributed by atoms with Crippen LogP contribution in [0.2, 0.25) is 0 Å². The summed E-state index contributed by atoms with van der Waals surface area (Å²) in [5, 5.41) is 0. The standard InChI is InChI=1S/C17H22F3N/c1-10-6-14(17(18,19)20)4-5-15(10)16(21)9-13-8-11-2-3-12(13)7-11/h4-6,11-13,16H,2-3,7-9,21H2,1H3. The molecule has 2 aliphatic rings. The fourth-order valence-corrected chi connectivity index (χ4v) is 4.39. The minimum absolute atomic E-state index is 0.142. The number of hydrogen-bond donors (Lipinski definition) is 1. The normalized spacial score (nSPS) is 29.9. The molecule has 1 aromatic rings. The quantitative estimate of drug-likeness (QED) is 0.848. The molecule has 0 spiro atoms. The lowest BCUT2D eigenvalue weighted by molar-refractivity contribution is -0.137. The Morgan fingerprint density at radius 3 is 2.52 bits per heavy atom. The third-order valence-corrected chi connectivity index (χ3v) is 5.44. The average molecular weight is 297 g/mol. The van der Waals surface area contributed by atoms with Crippen molar-refractivity contribution in [3.63, 3.8) is 0 Å². The number of benzene rings is 1. The fourth-order valence-electron chi connectivity index (χ4n) is 4.39. The Morgan fingerprint density at radius 1 is 1.24 bits per heavy atom. The van der Waals surface area contributed by atoms with Crippen molar-refractivity contribution in [1.29, 1.82) is 0 Å². The van der Waals surface area contributed by atoms with Gasteiger partial charge in [0.25, 0.3) is 0 Å². The zero-order chi connectivity index (χ0) is 15.2. The first-order valence-corrected chi connectivity index (χ1v) is 7.78. The van der Waals surface area contributed by atoms with E-state index in [1.807, 2.05) is 0 Å². The Morgan fingerprint density at radius 2 is 2.00 bits per heavy atom. The Bertz CT molecular complexity index is 523. The lowest BCUT2D eigenvalue weighted by atomic mass is 9.82. The molecule has 2 fully saturated rings. The molecule has 0 heterocycles. The van der Waals surface area contributed by atoms with Gasteiger partial charge in [-0.25, -0.2) is 0 Å². The Balaban J connectivity index is 1.71. The highest BCUT2D eigenvalue weighted by molar-refractivity contribution is 5.34. The number of alkyl halides is 3. The molecule has 0 amide bonds. The van der Waals surface area contributed by atoms with Gasteiger partial charge in [0.1, 0.15) is 0 Å². The lowest BCUT2D eigenvalue weighted by Crippen LogP contribution is -2.20. The maximum absolute atomic E-state index is 12.7. The smallest absolute Gasteiger partial charge is 0.324 e. The van der Waals surface area contributed by atoms with Crippen LogP contribution < -0.4 is 5.73 Å². The van der Waals surface area contributed by atoms with Crippen LogP contribution >= 0.6 is 0 Å². The number of aryl methyl sites for hydroxylation is 1. The maximum atomic E-state index is 12.7. The van der Waals surface area contributed by atoms with Crippen LogP contribution in [-0.4, -0.2) is 0 Å². The van der Waals surface area contributed by atoms with Crippen LogP contribution in [0.1, 0.15) is 54.8 Å². The molecule has 0 radical (unpaired) electrons. The summed E-state index contributed by atoms with van der Waals surface area (Å²) in [7, 11) is 0. The monoisotopic (exact) mass is 297 g/mol. The second kappa shape index (κ2) is 5.31. The molecule has 1 aromatic carbocycles. The van der Waals surface area contributed by atoms with E-state index in [1.165, 1.54) is 31.7 Å². The minimum atomic E-state index is -4.28. The molecule has 2 N–H and O–H groups in total. The maximum Gasteiger partial charge on any atom is 0.416 e. The van der Waals surface area contributed by atoms with Gasteiger partial charge in [0.05, 0.1) is 5.56 Å². The molecule has 2 aliphatic carbocycles. The molecule has 0 saturated heterocycles. The molecular weight excluding hydrogens is 275 g/mol. The molecule has 4 unspecified atom stereocenters. The number of hydrogen-bond acceptors (Lipinski definition) is 1. The largest absolute Gasteiger partial charge is 0.416 e. The summed E-state index contributed by atoms with van der Waals surface area (Å²) in [6.07, 6.45) is 1.90. The highest BCUT2D eigenvalue weighted by Crippen LogP contribution is 2.50. The van der Waals surface area contributed by atoms with Crippen LogP contribution in [0.3, 0.4) is 0 Å². The summed E-state index contributed by atoms with van der Waals surface area (Å²) < 4.78 is 38.1. The third kappa shape index (κ3) is 2.96. The van der Waals surface area contributed by atoms with Gasteiger partial charge in [-0.1, -0.05) is 12.5 Å². The molecular formula is C17H22F3N. The minimum Gasteiger partial charge on any atom is -0.324 e. The van der Waals surface area contributed by atoms with E-state index in [0.717, 1.165) is 29.9 Å². The summed E-state index contributed by atoms with van der Waals surface area (Å²) in [5.41, 5.74) is 7.22. The lowest BCUT2D eigenvalue weighted by Gasteiger charge is -2.26. The predicted octanol–water partition coefficient (Wildman–Crippen LogP) is 4.84. The fraction of sp³-hybridized carbons (Fsp3) is 0.647. The van der Waals surface area contributed by atoms with Gasteiger partial charge in [-0.05, 0) is 73.6 Å². The van der Waals surface area contributed by atoms with Crippen LogP contribution in [-0.2, 0) is 6.18 Å². The second-order valence-electron chi connectivity index (χ2n) is 6.85. The van der Waals surface area contributed by atoms with E-state index in [9.17, 15) is 13.2 Å². The van der Waals surface area contributed by atoms with Crippen molar-refractivity contribution in [3.8, 4) is 0 Å². The number of nitrogens with two attached hydrogens (primary N) is 1. The summed E-state index contributed by atoms with van der Waals surface area (Å²) in [6.45, 7) is 1.73. The van der Waals surface area contributed by atoms with E-state index in [1.54, 1.807) is 13.0 Å². The summed E-state index contributed by atoms with van der Waals surface area (Å²) >= 11 is 0. The van der Waals surface area contributed by atoms with E-state index in [2.05, 4.69) is 0 Å². The van der Waals surface area contributed by atoms with Crippen molar-refractivity contribution in [2.75, 3.05) is 0 Å². The molecule has 116 valence electrons. The van der Waals surface area contributed by atoms with Gasteiger partial charge in [0.2, 0.25) is 0 Å². The zero-order valence-electron chi connectivity index (χ0n) is 12.3. The van der Waals surface area contributed by atoms with Crippen LogP contribution in [0.4, 0.5) is 13.2 Å². The zero-order valence-corrected chi connectivity index (χ0v) is 12.3. The van der Waals surface area contributed by atoms with Gasteiger partial charge in [-0.15, -0.1) is 0 Å². The molecule has 4 atom stereocenters. The SMILES string of the molecule is Cc1cc(C(F)(F)F)ccc1C(N)CC1CC2CCC1C2. The molecule has 0 aliphatic heterocycles. The van der Waals surface area contributed by atoms with Gasteiger partial charge < -0.3 is 5.73 Å². The summed E-state index contributed by atoms with van der Waals surface area (Å²) in [6, 6.07) is 3.80. The molecule has 2 saturated carbocycles. The van der Waals surface area contributed by atoms with Crippen molar-refractivity contribution >= 4 is 0 Å². The van der Waals surface area contributed by atoms with E-state index < -0.39 is 11.7 Å². The molecule has 21 heavy (non-hydrogen) atoms. The number of halogens is 3. The van der Waals surface area contributed by atoms with Gasteiger partial charge in [0.15, 0.2) is 0 Å². The second-order valence-corrected chi connectivity index (χ2v) is 6.85. The van der Waals surface area contributed by atoms with Gasteiger partial charge in [-0.2, -0.15) is 13.2 Å². The van der Waals surface area contributed by atoms with Crippen LogP contribution in [0, 0.1) is 24.7 Å². The number of rotatable bonds is 3. The van der Waals surface area contributed by atoms with Crippen molar-refractivity contribution < 1.29 is 13.2 Å². The summed E-state index contributed by atoms with van der Waals surface area (Å²) in [4.78, 5) is 0. The van der Waals surface area contributed by atoms with Crippen molar-refractivity contribution in [3.05, 3.63) is 34.9 Å². The number of fused-ring (bicyclic) bond motifs is 2. The van der Waals surface area contributed by atoms with Crippen molar-refractivity contribution in [1.82, 2.24) is 0 Å². The van der Waals surface area contributed by atoms with Gasteiger partial charge in [0, 0.05) is 6.04 Å². The highest BCUT2D eigenvalue weighted by atomic mass is 19.4. The molecule has 3 rings (SSSR count). The highest BCUT2D eigenvalue weighted by Gasteiger charge is 2.40. The Kier molecular flexibility index (Phi) is 3.76.